The van der Waals surface area contributed by atoms with Crippen molar-refractivity contribution in [1.29, 1.82) is 0 Å². The molecule has 3 saturated heterocycles. The molecule has 0 unspecified atom stereocenters. The van der Waals surface area contributed by atoms with E-state index in [1.807, 2.05) is 0 Å². The average molecular weight is 828 g/mol. The van der Waals surface area contributed by atoms with Crippen LogP contribution in [0.5, 0.6) is 11.8 Å². The van der Waals surface area contributed by atoms with Gasteiger partial charge in [0.2, 0.25) is 5.91 Å². The number of phenolic OH excluding ortho intramolecular Hbond substituents is 1. The van der Waals surface area contributed by atoms with Crippen LogP contribution in [0.2, 0.25) is 0 Å². The van der Waals surface area contributed by atoms with Crippen LogP contribution in [0.25, 0.3) is 43.7 Å². The SMILES string of the molecule is C#Cc1c(F)ccc2cc(O)cc(-c3c(F)c4nc(OC[C@]5(CN6CC[C@H](F)C6)CC5(F)F)nc(N5C[C@H]6CC[C@@H](C5)N6C(=O)CCC(F)(F)F)c4c4cn(C)nc34)c12. The number of carbonyl (C=O) groups excluding carboxylic acids is 1. The van der Waals surface area contributed by atoms with Crippen molar-refractivity contribution in [1.82, 2.24) is 29.5 Å². The fraction of sp³-hybridized carbons (Fsp3) is 0.463. The van der Waals surface area contributed by atoms with E-state index in [1.54, 1.807) is 23.0 Å². The molecule has 0 radical (unpaired) electrons. The molecule has 4 aliphatic rings. The number of rotatable bonds is 9. The quantitative estimate of drug-likeness (QED) is 0.123. The summed E-state index contributed by atoms with van der Waals surface area (Å²) < 4.78 is 124. The Morgan fingerprint density at radius 2 is 1.78 bits per heavy atom. The van der Waals surface area contributed by atoms with Crippen LogP contribution in [-0.4, -0.2) is 110 Å². The molecule has 5 heterocycles. The number of carbonyl (C=O) groups is 1. The maximum absolute atomic E-state index is 17.7. The number of amides is 1. The molecule has 5 aromatic rings. The van der Waals surface area contributed by atoms with Crippen molar-refractivity contribution >= 4 is 44.3 Å². The number of terminal acetylenes is 1. The Morgan fingerprint density at radius 1 is 1.05 bits per heavy atom. The van der Waals surface area contributed by atoms with Gasteiger partial charge in [-0.3, -0.25) is 14.4 Å². The van der Waals surface area contributed by atoms with Gasteiger partial charge in [-0.25, -0.2) is 22.0 Å². The Balaban J connectivity index is 1.20. The van der Waals surface area contributed by atoms with Gasteiger partial charge in [-0.1, -0.05) is 12.0 Å². The number of hydrogen-bond acceptors (Lipinski definition) is 8. The number of alkyl halides is 6. The number of aromatic nitrogens is 4. The van der Waals surface area contributed by atoms with Crippen molar-refractivity contribution in [2.24, 2.45) is 12.5 Å². The molecular weight excluding hydrogens is 790 g/mol. The van der Waals surface area contributed by atoms with E-state index < -0.39 is 85.2 Å². The smallest absolute Gasteiger partial charge is 0.389 e. The number of benzene rings is 3. The minimum Gasteiger partial charge on any atom is -0.508 e. The molecule has 3 aliphatic heterocycles. The number of fused-ring (bicyclic) bond motifs is 6. The number of halogens is 8. The second-order valence-corrected chi connectivity index (χ2v) is 16.2. The number of phenols is 1. The van der Waals surface area contributed by atoms with Crippen molar-refractivity contribution in [3.8, 4) is 35.2 Å². The number of nitrogens with zero attached hydrogens (tertiary/aromatic N) is 7. The minimum absolute atomic E-state index is 0.00411. The number of likely N-dealkylation sites (tertiary alicyclic amines) is 1. The van der Waals surface area contributed by atoms with E-state index in [9.17, 15) is 27.5 Å². The van der Waals surface area contributed by atoms with Gasteiger partial charge >= 0.3 is 12.2 Å². The predicted octanol–water partition coefficient (Wildman–Crippen LogP) is 7.27. The first-order valence-corrected chi connectivity index (χ1v) is 19.2. The number of ether oxygens (including phenoxy) is 1. The molecule has 18 heteroatoms. The zero-order chi connectivity index (χ0) is 41.8. The van der Waals surface area contributed by atoms with Gasteiger partial charge in [-0.2, -0.15) is 28.2 Å². The van der Waals surface area contributed by atoms with Crippen LogP contribution in [0.1, 0.15) is 44.1 Å². The van der Waals surface area contributed by atoms with Gasteiger partial charge in [-0.05, 0) is 48.4 Å². The van der Waals surface area contributed by atoms with E-state index >= 15 is 17.6 Å². The zero-order valence-electron chi connectivity index (χ0n) is 31.6. The van der Waals surface area contributed by atoms with Gasteiger partial charge in [0.25, 0.3) is 5.92 Å². The van der Waals surface area contributed by atoms with Crippen LogP contribution in [0.4, 0.5) is 40.9 Å². The summed E-state index contributed by atoms with van der Waals surface area (Å²) in [5.41, 5.74) is -2.36. The first-order valence-electron chi connectivity index (χ1n) is 19.2. The third-order valence-corrected chi connectivity index (χ3v) is 12.2. The Hall–Kier alpha value is -5.44. The maximum Gasteiger partial charge on any atom is 0.389 e. The van der Waals surface area contributed by atoms with E-state index in [1.165, 1.54) is 27.8 Å². The number of aryl methyl sites for hydroxylation is 1. The summed E-state index contributed by atoms with van der Waals surface area (Å²) in [5, 5.41) is 16.3. The molecule has 9 rings (SSSR count). The molecule has 1 saturated carbocycles. The lowest BCUT2D eigenvalue weighted by atomic mass is 9.91. The van der Waals surface area contributed by atoms with Crippen molar-refractivity contribution < 1.29 is 49.8 Å². The first kappa shape index (κ1) is 39.0. The molecule has 4 fully saturated rings. The highest BCUT2D eigenvalue weighted by Crippen LogP contribution is 2.61. The zero-order valence-corrected chi connectivity index (χ0v) is 31.6. The first-order chi connectivity index (χ1) is 28.0. The van der Waals surface area contributed by atoms with Crippen molar-refractivity contribution in [3.05, 3.63) is 47.7 Å². The summed E-state index contributed by atoms with van der Waals surface area (Å²) in [5.74, 6) is -3.39. The lowest BCUT2D eigenvalue weighted by Crippen LogP contribution is -2.56. The molecule has 59 heavy (non-hydrogen) atoms. The summed E-state index contributed by atoms with van der Waals surface area (Å²) in [4.78, 5) is 27.2. The Morgan fingerprint density at radius 3 is 2.42 bits per heavy atom. The predicted molar refractivity (Wildman–Crippen MR) is 201 cm³/mol. The summed E-state index contributed by atoms with van der Waals surface area (Å²) in [6.07, 6.45) is 0.369. The minimum atomic E-state index is -4.51. The molecule has 2 aromatic heterocycles. The Labute approximate surface area is 331 Å². The largest absolute Gasteiger partial charge is 0.508 e. The van der Waals surface area contributed by atoms with Crippen LogP contribution in [0.3, 0.4) is 0 Å². The molecule has 2 bridgehead atoms. The van der Waals surface area contributed by atoms with Crippen LogP contribution >= 0.6 is 0 Å². The molecular formula is C41H37F8N7O3. The van der Waals surface area contributed by atoms with E-state index in [4.69, 9.17) is 16.1 Å². The third-order valence-electron chi connectivity index (χ3n) is 12.2. The van der Waals surface area contributed by atoms with Gasteiger partial charge in [-0.15, -0.1) is 6.42 Å². The topological polar surface area (TPSA) is 99.9 Å². The van der Waals surface area contributed by atoms with Gasteiger partial charge in [0.05, 0.1) is 22.8 Å². The molecule has 0 spiro atoms. The monoisotopic (exact) mass is 827 g/mol. The lowest BCUT2D eigenvalue weighted by molar-refractivity contribution is -0.151. The summed E-state index contributed by atoms with van der Waals surface area (Å²) in [6.45, 7) is -0.250. The van der Waals surface area contributed by atoms with Crippen molar-refractivity contribution in [3.63, 3.8) is 0 Å². The van der Waals surface area contributed by atoms with Gasteiger partial charge in [0.1, 0.15) is 41.2 Å². The van der Waals surface area contributed by atoms with E-state index in [2.05, 4.69) is 16.0 Å². The van der Waals surface area contributed by atoms with Crippen LogP contribution in [-0.2, 0) is 11.8 Å². The number of piperazine rings is 1. The fourth-order valence-electron chi connectivity index (χ4n) is 9.39. The normalized spacial score (nSPS) is 24.1. The number of aromatic hydroxyl groups is 1. The molecule has 1 amide bonds. The van der Waals surface area contributed by atoms with Gasteiger partial charge in [0, 0.05) is 87.2 Å². The number of hydrogen-bond donors (Lipinski definition) is 1. The Bertz CT molecular complexity index is 2580. The van der Waals surface area contributed by atoms with Crippen LogP contribution in [0, 0.1) is 29.4 Å². The van der Waals surface area contributed by atoms with Crippen LogP contribution < -0.4 is 9.64 Å². The van der Waals surface area contributed by atoms with E-state index in [0.29, 0.717) is 30.2 Å². The van der Waals surface area contributed by atoms with Crippen molar-refractivity contribution in [2.45, 2.75) is 68.9 Å². The summed E-state index contributed by atoms with van der Waals surface area (Å²) in [6, 6.07) is 3.61. The highest BCUT2D eigenvalue weighted by Gasteiger charge is 2.72. The molecule has 1 N–H and O–H groups in total. The highest BCUT2D eigenvalue weighted by atomic mass is 19.4. The lowest BCUT2D eigenvalue weighted by Gasteiger charge is -2.42. The molecule has 10 nitrogen and oxygen atoms in total. The standard InChI is InChI=1S/C41H37F8N7O3/c1-3-26-29(43)7-4-21-12-25(57)13-27(31(21)26)32-34(44)36-33(28-17-53(2)52-35(28)32)37(55-15-23-5-6-24(16-55)56(23)30(58)8-10-41(47,48)49)51-38(50-36)59-20-39(18-40(39,45)46)19-54-11-9-22(42)14-54/h1,4,7,12-13,17,22-24,57H,5-6,8-11,14-16,18-20H2,2H3/t22-,23-,24+,39+/m0/s1. The highest BCUT2D eigenvalue weighted by molar-refractivity contribution is 6.18. The molecule has 3 aromatic carbocycles. The van der Waals surface area contributed by atoms with E-state index in [0.717, 1.165) is 6.07 Å². The molecule has 310 valence electrons. The second kappa shape index (κ2) is 13.8. The summed E-state index contributed by atoms with van der Waals surface area (Å²) in [7, 11) is 1.59. The van der Waals surface area contributed by atoms with E-state index in [-0.39, 0.29) is 82.7 Å². The van der Waals surface area contributed by atoms with Crippen molar-refractivity contribution in [2.75, 3.05) is 44.2 Å². The molecule has 4 atom stereocenters. The second-order valence-electron chi connectivity index (χ2n) is 16.2. The van der Waals surface area contributed by atoms with Crippen LogP contribution in [0.15, 0.2) is 30.5 Å². The fourth-order valence-corrected chi connectivity index (χ4v) is 9.39. The third kappa shape index (κ3) is 6.70. The number of anilines is 1. The van der Waals surface area contributed by atoms with Gasteiger partial charge in [0.15, 0.2) is 5.82 Å². The average Bonchev–Trinajstić information content (AvgIpc) is 3.53. The van der Waals surface area contributed by atoms with Gasteiger partial charge < -0.3 is 19.6 Å². The Kier molecular flexibility index (Phi) is 9.14. The molecule has 1 aliphatic carbocycles. The summed E-state index contributed by atoms with van der Waals surface area (Å²) >= 11 is 0. The maximum atomic E-state index is 17.7.